The number of fused-ring (bicyclic) bond motifs is 6. The fourth-order valence-electron chi connectivity index (χ4n) is 5.62. The van der Waals surface area contributed by atoms with Gasteiger partial charge in [0.05, 0.1) is 18.6 Å². The molecule has 0 amide bonds. The van der Waals surface area contributed by atoms with Crippen molar-refractivity contribution in [1.29, 1.82) is 5.26 Å². The lowest BCUT2D eigenvalue weighted by molar-refractivity contribution is -0.660. The number of pyridine rings is 1. The van der Waals surface area contributed by atoms with E-state index in [1.807, 2.05) is 79.2 Å². The minimum absolute atomic E-state index is 0.329. The molecule has 7 rings (SSSR count). The van der Waals surface area contributed by atoms with Crippen LogP contribution in [0.3, 0.4) is 0 Å². The van der Waals surface area contributed by atoms with Gasteiger partial charge in [-0.25, -0.2) is 8.96 Å². The molecule has 0 radical (unpaired) electrons. The molecule has 0 aliphatic heterocycles. The Morgan fingerprint density at radius 3 is 2.29 bits per heavy atom. The molecule has 0 unspecified atom stereocenters. The number of aryl methyl sites for hydroxylation is 2. The average Bonchev–Trinajstić information content (AvgIpc) is 3.33. The van der Waals surface area contributed by atoms with E-state index < -0.39 is 0 Å². The molecule has 4 heteroatoms. The van der Waals surface area contributed by atoms with Gasteiger partial charge in [-0.3, -0.25) is 0 Å². The number of nitrogens with zero attached hydrogens (tertiary/aromatic N) is 2. The molecular weight excluding hydrogens is 471 g/mol. The molecule has 0 aliphatic carbocycles. The molecule has 0 aliphatic rings. The second-order valence-corrected chi connectivity index (χ2v) is 9.65. The molecule has 0 fully saturated rings. The van der Waals surface area contributed by atoms with E-state index in [1.54, 1.807) is 12.3 Å². The number of furan rings is 1. The third kappa shape index (κ3) is 3.16. The van der Waals surface area contributed by atoms with E-state index in [0.717, 1.165) is 43.4 Å². The normalized spacial score (nSPS) is 11.9. The molecular formula is C34H22FN2O+. The molecule has 0 atom stereocenters. The zero-order valence-corrected chi connectivity index (χ0v) is 20.8. The van der Waals surface area contributed by atoms with E-state index in [0.29, 0.717) is 39.6 Å². The fourth-order valence-corrected chi connectivity index (χ4v) is 5.62. The molecule has 3 nitrogen and oxygen atoms in total. The van der Waals surface area contributed by atoms with Crippen LogP contribution in [0.5, 0.6) is 0 Å². The van der Waals surface area contributed by atoms with Crippen molar-refractivity contribution < 1.29 is 14.7 Å². The van der Waals surface area contributed by atoms with Crippen LogP contribution in [0.2, 0.25) is 0 Å². The SMILES string of the molecule is [2H]c1c(-c2c(C#N)ccc3c2oc2c(-c4cc(F)cc[n+]4C)c(C)ccc23)c2ccccc2c2ccccc12. The molecule has 2 heterocycles. The summed E-state index contributed by atoms with van der Waals surface area (Å²) in [6.07, 6.45) is 1.69. The molecule has 7 aromatic rings. The Morgan fingerprint density at radius 2 is 1.50 bits per heavy atom. The van der Waals surface area contributed by atoms with Crippen molar-refractivity contribution in [3.05, 3.63) is 114 Å². The Bertz CT molecular complexity index is 2190. The van der Waals surface area contributed by atoms with Gasteiger partial charge >= 0.3 is 0 Å². The summed E-state index contributed by atoms with van der Waals surface area (Å²) < 4.78 is 32.2. The van der Waals surface area contributed by atoms with Gasteiger partial charge in [-0.2, -0.15) is 5.26 Å². The van der Waals surface area contributed by atoms with E-state index in [1.165, 1.54) is 12.1 Å². The lowest BCUT2D eigenvalue weighted by Crippen LogP contribution is -2.30. The van der Waals surface area contributed by atoms with Crippen LogP contribution in [0.4, 0.5) is 4.39 Å². The summed E-state index contributed by atoms with van der Waals surface area (Å²) in [7, 11) is 1.88. The highest BCUT2D eigenvalue weighted by Crippen LogP contribution is 2.44. The quantitative estimate of drug-likeness (QED) is 0.179. The van der Waals surface area contributed by atoms with Crippen LogP contribution in [0.15, 0.2) is 102 Å². The molecule has 0 bridgehead atoms. The van der Waals surface area contributed by atoms with Crippen molar-refractivity contribution in [1.82, 2.24) is 0 Å². The smallest absolute Gasteiger partial charge is 0.219 e. The Balaban J connectivity index is 1.67. The molecule has 38 heavy (non-hydrogen) atoms. The monoisotopic (exact) mass is 494 g/mol. The minimum atomic E-state index is -0.329. The van der Waals surface area contributed by atoms with Crippen molar-refractivity contribution in [2.45, 2.75) is 6.92 Å². The minimum Gasteiger partial charge on any atom is -0.454 e. The van der Waals surface area contributed by atoms with E-state index in [9.17, 15) is 11.0 Å². The van der Waals surface area contributed by atoms with Crippen LogP contribution < -0.4 is 4.57 Å². The number of hydrogen-bond donors (Lipinski definition) is 0. The number of hydrogen-bond acceptors (Lipinski definition) is 2. The number of rotatable bonds is 2. The summed E-state index contributed by atoms with van der Waals surface area (Å²) in [6.45, 7) is 1.98. The predicted octanol–water partition coefficient (Wildman–Crippen LogP) is 8.37. The van der Waals surface area contributed by atoms with Crippen LogP contribution >= 0.6 is 0 Å². The van der Waals surface area contributed by atoms with E-state index in [-0.39, 0.29) is 5.82 Å². The van der Waals surface area contributed by atoms with E-state index in [4.69, 9.17) is 4.42 Å². The van der Waals surface area contributed by atoms with Gasteiger partial charge in [0.25, 0.3) is 0 Å². The van der Waals surface area contributed by atoms with Crippen molar-refractivity contribution in [3.63, 3.8) is 0 Å². The summed E-state index contributed by atoms with van der Waals surface area (Å²) in [5.74, 6) is -0.329. The van der Waals surface area contributed by atoms with Gasteiger partial charge in [-0.1, -0.05) is 60.7 Å². The Hall–Kier alpha value is -5.01. The average molecular weight is 495 g/mol. The van der Waals surface area contributed by atoms with Crippen molar-refractivity contribution in [3.8, 4) is 28.5 Å². The van der Waals surface area contributed by atoms with Crippen LogP contribution in [0.1, 0.15) is 12.5 Å². The summed E-state index contributed by atoms with van der Waals surface area (Å²) >= 11 is 0. The molecule has 0 N–H and O–H groups in total. The fraction of sp³-hybridized carbons (Fsp3) is 0.0588. The number of benzene rings is 5. The van der Waals surface area contributed by atoms with Gasteiger partial charge in [0.1, 0.15) is 24.0 Å². The lowest BCUT2D eigenvalue weighted by atomic mass is 9.90. The summed E-state index contributed by atoms with van der Waals surface area (Å²) in [5.41, 5.74) is 5.31. The maximum atomic E-state index is 14.4. The van der Waals surface area contributed by atoms with Crippen LogP contribution in [0.25, 0.3) is 65.9 Å². The zero-order chi connectivity index (χ0) is 26.8. The molecule has 5 aromatic carbocycles. The van der Waals surface area contributed by atoms with E-state index >= 15 is 0 Å². The largest absolute Gasteiger partial charge is 0.454 e. The van der Waals surface area contributed by atoms with E-state index in [2.05, 4.69) is 12.1 Å². The van der Waals surface area contributed by atoms with Gasteiger partial charge in [-0.15, -0.1) is 0 Å². The number of halogens is 1. The highest BCUT2D eigenvalue weighted by atomic mass is 19.1. The number of aromatic nitrogens is 1. The first-order valence-corrected chi connectivity index (χ1v) is 12.4. The zero-order valence-electron chi connectivity index (χ0n) is 21.8. The van der Waals surface area contributed by atoms with Gasteiger partial charge in [0.15, 0.2) is 6.20 Å². The van der Waals surface area contributed by atoms with Crippen LogP contribution in [-0.2, 0) is 7.05 Å². The van der Waals surface area contributed by atoms with Crippen molar-refractivity contribution >= 4 is 43.5 Å². The maximum Gasteiger partial charge on any atom is 0.219 e. The summed E-state index contributed by atoms with van der Waals surface area (Å²) in [4.78, 5) is 0. The molecule has 0 saturated heterocycles. The molecule has 2 aromatic heterocycles. The summed E-state index contributed by atoms with van der Waals surface area (Å²) in [6, 6.07) is 29.2. The van der Waals surface area contributed by atoms with Gasteiger partial charge in [-0.05, 0) is 57.8 Å². The predicted molar refractivity (Wildman–Crippen MR) is 150 cm³/mol. The van der Waals surface area contributed by atoms with Crippen LogP contribution in [-0.4, -0.2) is 0 Å². The van der Waals surface area contributed by atoms with Gasteiger partial charge in [0, 0.05) is 28.5 Å². The lowest BCUT2D eigenvalue weighted by Gasteiger charge is -2.12. The number of nitriles is 1. The molecule has 0 spiro atoms. The van der Waals surface area contributed by atoms with Gasteiger partial charge < -0.3 is 4.42 Å². The Kier molecular flexibility index (Phi) is 4.59. The third-order valence-electron chi connectivity index (χ3n) is 7.43. The highest BCUT2D eigenvalue weighted by Gasteiger charge is 2.24. The van der Waals surface area contributed by atoms with Gasteiger partial charge in [0.2, 0.25) is 5.69 Å². The Morgan fingerprint density at radius 1 is 0.816 bits per heavy atom. The molecule has 180 valence electrons. The first-order chi connectivity index (χ1) is 19.0. The topological polar surface area (TPSA) is 40.8 Å². The third-order valence-corrected chi connectivity index (χ3v) is 7.43. The Labute approximate surface area is 220 Å². The second kappa shape index (κ2) is 8.26. The molecule has 0 saturated carbocycles. The highest BCUT2D eigenvalue weighted by molar-refractivity contribution is 6.19. The maximum absolute atomic E-state index is 14.4. The van der Waals surface area contributed by atoms with Crippen LogP contribution in [0, 0.1) is 24.1 Å². The second-order valence-electron chi connectivity index (χ2n) is 9.65. The summed E-state index contributed by atoms with van der Waals surface area (Å²) in [5, 5.41) is 15.7. The first kappa shape index (κ1) is 21.1. The van der Waals surface area contributed by atoms with Crippen molar-refractivity contribution in [2.75, 3.05) is 0 Å². The first-order valence-electron chi connectivity index (χ1n) is 12.9. The van der Waals surface area contributed by atoms with Crippen molar-refractivity contribution in [2.24, 2.45) is 7.05 Å². The standard InChI is InChI=1S/C34H22FN2O/c1-20-11-13-27-28-14-12-22(19-36)32(34(28)38-33(27)31(20)30-18-23(35)15-16-37(30)2)29-17-21-7-3-4-8-24(21)25-9-5-6-10-26(25)29/h3-18H,1-2H3/q+1/i17D.